The number of aryl methyl sites for hydroxylation is 1. The van der Waals surface area contributed by atoms with E-state index in [0.29, 0.717) is 50.6 Å². The summed E-state index contributed by atoms with van der Waals surface area (Å²) in [4.78, 5) is 25.9. The highest BCUT2D eigenvalue weighted by molar-refractivity contribution is 6.06. The fraction of sp³-hybridized carbons (Fsp3) is 0.593. The van der Waals surface area contributed by atoms with E-state index in [0.717, 1.165) is 72.4 Å². The number of amides is 2. The Morgan fingerprint density at radius 1 is 1.14 bits per heavy atom. The summed E-state index contributed by atoms with van der Waals surface area (Å²) in [5.41, 5.74) is 8.95. The number of nitrogens with zero attached hydrogens (tertiary/aromatic N) is 5. The predicted molar refractivity (Wildman–Crippen MR) is 141 cm³/mol. The lowest BCUT2D eigenvalue weighted by Crippen LogP contribution is -2.50. The number of imidazole rings is 1. The van der Waals surface area contributed by atoms with Crippen LogP contribution in [0.1, 0.15) is 38.9 Å². The van der Waals surface area contributed by atoms with E-state index in [9.17, 15) is 4.79 Å². The number of aromatic nitrogens is 3. The van der Waals surface area contributed by atoms with Crippen LogP contribution in [0.4, 0.5) is 10.6 Å². The summed E-state index contributed by atoms with van der Waals surface area (Å²) in [6.45, 7) is 12.3. The van der Waals surface area contributed by atoms with Crippen LogP contribution >= 0.6 is 0 Å². The van der Waals surface area contributed by atoms with Crippen molar-refractivity contribution >= 4 is 33.8 Å². The van der Waals surface area contributed by atoms with Crippen LogP contribution in [-0.4, -0.2) is 76.4 Å². The van der Waals surface area contributed by atoms with Gasteiger partial charge in [0.1, 0.15) is 17.1 Å². The molecule has 2 saturated heterocycles. The third-order valence-electron chi connectivity index (χ3n) is 7.38. The molecule has 0 unspecified atom stereocenters. The molecule has 3 aromatic rings. The van der Waals surface area contributed by atoms with Crippen molar-refractivity contribution in [3.8, 4) is 5.75 Å². The topological polar surface area (TPSA) is 98.7 Å². The lowest BCUT2D eigenvalue weighted by Gasteiger charge is -2.37. The molecule has 2 aliphatic heterocycles. The standard InChI is InChI=1S/C27H38N6O3/c1-18(2)17-33-19(3)29-24-25(33)22-5-4-21(16-23(22)30-26(24)28)36-13-8-20-6-9-31(10-7-20)27(34)32-11-14-35-15-12-32/h4-5,16,18,20H,6-15,17H2,1-3H3,(H2,28,30). The highest BCUT2D eigenvalue weighted by atomic mass is 16.5. The molecule has 9 nitrogen and oxygen atoms in total. The van der Waals surface area contributed by atoms with Crippen LogP contribution in [0.2, 0.25) is 0 Å². The first kappa shape index (κ1) is 24.6. The van der Waals surface area contributed by atoms with Gasteiger partial charge in [-0.2, -0.15) is 0 Å². The second-order valence-corrected chi connectivity index (χ2v) is 10.5. The van der Waals surface area contributed by atoms with E-state index < -0.39 is 0 Å². The summed E-state index contributed by atoms with van der Waals surface area (Å²) in [7, 11) is 0. The number of hydrogen-bond acceptors (Lipinski definition) is 6. The Morgan fingerprint density at radius 3 is 2.58 bits per heavy atom. The van der Waals surface area contributed by atoms with Crippen LogP contribution in [0.15, 0.2) is 18.2 Å². The average Bonchev–Trinajstić information content (AvgIpc) is 3.20. The molecule has 0 radical (unpaired) electrons. The van der Waals surface area contributed by atoms with Gasteiger partial charge in [-0.1, -0.05) is 13.8 Å². The maximum atomic E-state index is 12.7. The van der Waals surface area contributed by atoms with E-state index >= 15 is 0 Å². The van der Waals surface area contributed by atoms with Gasteiger partial charge >= 0.3 is 6.03 Å². The molecule has 0 aliphatic carbocycles. The number of carbonyl (C=O) groups excluding carboxylic acids is 1. The van der Waals surface area contributed by atoms with Gasteiger partial charge in [-0.3, -0.25) is 0 Å². The van der Waals surface area contributed by atoms with E-state index in [1.54, 1.807) is 0 Å². The van der Waals surface area contributed by atoms with Gasteiger partial charge in [-0.05, 0) is 50.2 Å². The van der Waals surface area contributed by atoms with E-state index in [-0.39, 0.29) is 6.03 Å². The number of nitrogens with two attached hydrogens (primary N) is 1. The van der Waals surface area contributed by atoms with Gasteiger partial charge in [0, 0.05) is 44.2 Å². The Balaban J connectivity index is 1.19. The van der Waals surface area contributed by atoms with E-state index in [1.165, 1.54) is 0 Å². The number of morpholine rings is 1. The van der Waals surface area contributed by atoms with Crippen molar-refractivity contribution in [2.75, 3.05) is 51.7 Å². The molecule has 2 amide bonds. The zero-order valence-corrected chi connectivity index (χ0v) is 21.7. The van der Waals surface area contributed by atoms with Gasteiger partial charge in [0.05, 0.1) is 30.9 Å². The molecule has 0 atom stereocenters. The molecule has 2 fully saturated rings. The lowest BCUT2D eigenvalue weighted by molar-refractivity contribution is 0.0396. The SMILES string of the molecule is Cc1nc2c(N)nc3cc(OCCC4CCN(C(=O)N5CCOCC5)CC4)ccc3c2n1CC(C)C. The first-order valence-electron chi connectivity index (χ1n) is 13.2. The van der Waals surface area contributed by atoms with Crippen molar-refractivity contribution < 1.29 is 14.3 Å². The normalized spacial score (nSPS) is 17.4. The van der Waals surface area contributed by atoms with Gasteiger partial charge in [0.25, 0.3) is 0 Å². The second-order valence-electron chi connectivity index (χ2n) is 10.5. The zero-order chi connectivity index (χ0) is 25.2. The van der Waals surface area contributed by atoms with Crippen molar-refractivity contribution in [3.63, 3.8) is 0 Å². The molecule has 0 spiro atoms. The van der Waals surface area contributed by atoms with Crippen molar-refractivity contribution in [1.82, 2.24) is 24.3 Å². The molecule has 0 bridgehead atoms. The van der Waals surface area contributed by atoms with Crippen molar-refractivity contribution in [3.05, 3.63) is 24.0 Å². The summed E-state index contributed by atoms with van der Waals surface area (Å²) in [5, 5.41) is 1.05. The van der Waals surface area contributed by atoms with Gasteiger partial charge in [-0.15, -0.1) is 0 Å². The molecular formula is C27H38N6O3. The molecule has 2 N–H and O–H groups in total. The van der Waals surface area contributed by atoms with Crippen LogP contribution in [0, 0.1) is 18.8 Å². The number of ether oxygens (including phenoxy) is 2. The van der Waals surface area contributed by atoms with E-state index in [2.05, 4.69) is 29.5 Å². The number of piperidine rings is 1. The summed E-state index contributed by atoms with van der Waals surface area (Å²) in [6, 6.07) is 6.24. The molecular weight excluding hydrogens is 456 g/mol. The molecule has 2 aliphatic rings. The largest absolute Gasteiger partial charge is 0.494 e. The van der Waals surface area contributed by atoms with Crippen LogP contribution in [0.3, 0.4) is 0 Å². The van der Waals surface area contributed by atoms with Crippen LogP contribution in [-0.2, 0) is 11.3 Å². The molecule has 36 heavy (non-hydrogen) atoms. The number of anilines is 1. The number of nitrogen functional groups attached to an aromatic ring is 1. The minimum Gasteiger partial charge on any atom is -0.494 e. The van der Waals surface area contributed by atoms with Gasteiger partial charge in [-0.25, -0.2) is 14.8 Å². The summed E-state index contributed by atoms with van der Waals surface area (Å²) in [5.74, 6) is 3.29. The van der Waals surface area contributed by atoms with Gasteiger partial charge < -0.3 is 29.6 Å². The smallest absolute Gasteiger partial charge is 0.320 e. The number of benzene rings is 1. The van der Waals surface area contributed by atoms with Crippen molar-refractivity contribution in [2.45, 2.75) is 46.6 Å². The van der Waals surface area contributed by atoms with Crippen molar-refractivity contribution in [1.29, 1.82) is 0 Å². The fourth-order valence-electron chi connectivity index (χ4n) is 5.39. The Morgan fingerprint density at radius 2 is 1.86 bits per heavy atom. The number of urea groups is 1. The molecule has 9 heteroatoms. The summed E-state index contributed by atoms with van der Waals surface area (Å²) < 4.78 is 13.7. The van der Waals surface area contributed by atoms with Gasteiger partial charge in [0.2, 0.25) is 0 Å². The molecule has 2 aromatic heterocycles. The molecule has 5 rings (SSSR count). The first-order valence-corrected chi connectivity index (χ1v) is 13.2. The maximum Gasteiger partial charge on any atom is 0.320 e. The van der Waals surface area contributed by atoms with Crippen molar-refractivity contribution in [2.24, 2.45) is 11.8 Å². The molecule has 194 valence electrons. The van der Waals surface area contributed by atoms with Crippen LogP contribution < -0.4 is 10.5 Å². The maximum absolute atomic E-state index is 12.7. The highest BCUT2D eigenvalue weighted by Crippen LogP contribution is 2.31. The highest BCUT2D eigenvalue weighted by Gasteiger charge is 2.27. The minimum absolute atomic E-state index is 0.162. The van der Waals surface area contributed by atoms with Gasteiger partial charge in [0.15, 0.2) is 5.82 Å². The van der Waals surface area contributed by atoms with E-state index in [4.69, 9.17) is 20.2 Å². The van der Waals surface area contributed by atoms with Crippen LogP contribution in [0.25, 0.3) is 21.9 Å². The first-order chi connectivity index (χ1) is 17.4. The second kappa shape index (κ2) is 10.5. The molecule has 4 heterocycles. The number of pyridine rings is 1. The Hall–Kier alpha value is -3.07. The molecule has 1 aromatic carbocycles. The Kier molecular flexibility index (Phi) is 7.18. The zero-order valence-electron chi connectivity index (χ0n) is 21.7. The van der Waals surface area contributed by atoms with Crippen LogP contribution in [0.5, 0.6) is 5.75 Å². The van der Waals surface area contributed by atoms with E-state index in [1.807, 2.05) is 28.9 Å². The third-order valence-corrected chi connectivity index (χ3v) is 7.38. The number of fused-ring (bicyclic) bond motifs is 3. The summed E-state index contributed by atoms with van der Waals surface area (Å²) >= 11 is 0. The Bertz CT molecular complexity index is 1230. The number of rotatable bonds is 6. The summed E-state index contributed by atoms with van der Waals surface area (Å²) in [6.07, 6.45) is 3.02. The average molecular weight is 495 g/mol. The molecule has 0 saturated carbocycles. The number of carbonyl (C=O) groups is 1. The quantitative estimate of drug-likeness (QED) is 0.555. The fourth-order valence-corrected chi connectivity index (χ4v) is 5.39. The number of hydrogen-bond donors (Lipinski definition) is 1. The monoisotopic (exact) mass is 494 g/mol. The predicted octanol–water partition coefficient (Wildman–Crippen LogP) is 4.06. The third kappa shape index (κ3) is 5.07. The lowest BCUT2D eigenvalue weighted by atomic mass is 9.94. The Labute approximate surface area is 212 Å². The minimum atomic E-state index is 0.162. The number of likely N-dealkylation sites (tertiary alicyclic amines) is 1.